The SMILES string of the molecule is C=C(N)Cc1c(Cc2cn[nH]c2)ncn1Cc1cccc(O)c1.C=C(N)Cc1c(Cc2sc(C)nc2C)ncn1Cc1cccc(O)c1.CC(O)Cc1c(-c2cn[nH]c2)ncn1Cc1cccc(O)c1.Cc1nc(C)c(-c2ncn(Cc3cccc(O)c3)c2CC(C)O)s1.NC(=O)CCC1CN(C2=CCN=C2)CCN1c1cccc(O)c1.NC(=O)CCC1CN(n2cccc2)CCN1c1cccc(O)c1. The van der Waals surface area contributed by atoms with Crippen LogP contribution in [0.15, 0.2) is 262 Å². The Labute approximate surface area is 821 Å². The molecule has 2 amide bonds. The maximum absolute atomic E-state index is 11.2. The predicted octanol–water partition coefficient (Wildman–Crippen LogP) is 12.9. The predicted molar refractivity (Wildman–Crippen MR) is 547 cm³/mol. The van der Waals surface area contributed by atoms with Crippen molar-refractivity contribution in [2.75, 3.05) is 60.6 Å². The summed E-state index contributed by atoms with van der Waals surface area (Å²) in [6.07, 6.45) is 27.2. The zero-order valence-electron chi connectivity index (χ0n) is 79.6. The summed E-state index contributed by atoms with van der Waals surface area (Å²) in [5, 5.41) is 95.5. The molecule has 0 saturated carbocycles. The summed E-state index contributed by atoms with van der Waals surface area (Å²) in [6.45, 7) is 27.4. The molecule has 4 unspecified atom stereocenters. The molecule has 4 atom stereocenters. The number of carbonyl (C=O) groups excluding carboxylic acids is 2. The molecular formula is C104H124N24O10S2. The Bertz CT molecular complexity index is 6640. The number of nitrogens with zero attached hydrogens (tertiary/aromatic N) is 18. The van der Waals surface area contributed by atoms with Crippen LogP contribution in [0.4, 0.5) is 11.4 Å². The smallest absolute Gasteiger partial charge is 0.217 e. The van der Waals surface area contributed by atoms with Gasteiger partial charge in [0.05, 0.1) is 119 Å². The molecule has 9 aromatic heterocycles. The third-order valence-corrected chi connectivity index (χ3v) is 25.7. The number of aryl methyl sites for hydroxylation is 4. The highest BCUT2D eigenvalue weighted by atomic mass is 32.1. The Morgan fingerprint density at radius 2 is 0.921 bits per heavy atom. The van der Waals surface area contributed by atoms with Crippen molar-refractivity contribution < 1.29 is 50.4 Å². The third-order valence-electron chi connectivity index (χ3n) is 23.5. The number of primary amides is 2. The van der Waals surface area contributed by atoms with Crippen molar-refractivity contribution in [2.24, 2.45) is 27.9 Å². The minimum absolute atomic E-state index is 0.167. The van der Waals surface area contributed by atoms with Crippen LogP contribution in [0, 0.1) is 27.7 Å². The fourth-order valence-corrected chi connectivity index (χ4v) is 19.0. The lowest BCUT2D eigenvalue weighted by molar-refractivity contribution is -0.119. The molecular weight excluding hydrogens is 1810 g/mol. The minimum Gasteiger partial charge on any atom is -0.508 e. The Morgan fingerprint density at radius 3 is 1.34 bits per heavy atom. The second-order valence-corrected chi connectivity index (χ2v) is 37.4. The van der Waals surface area contributed by atoms with E-state index in [0.29, 0.717) is 95.4 Å². The van der Waals surface area contributed by atoms with Crippen LogP contribution < -0.4 is 37.7 Å². The highest BCUT2D eigenvalue weighted by Crippen LogP contribution is 2.35. The number of thiazole rings is 2. The summed E-state index contributed by atoms with van der Waals surface area (Å²) < 4.78 is 10.2. The number of hydrogen-bond acceptors (Lipinski definition) is 27. The van der Waals surface area contributed by atoms with E-state index in [1.54, 1.807) is 147 Å². The fraction of sp³-hybridized carbons (Fsp3) is 0.298. The Balaban J connectivity index is 0.000000142. The maximum atomic E-state index is 11.2. The van der Waals surface area contributed by atoms with Gasteiger partial charge in [0.15, 0.2) is 0 Å². The summed E-state index contributed by atoms with van der Waals surface area (Å²) in [5.74, 6) is 0.958. The second-order valence-electron chi connectivity index (χ2n) is 34.9. The number of aromatic hydroxyl groups is 6. The molecule has 15 aromatic rings. The van der Waals surface area contributed by atoms with Crippen molar-refractivity contribution in [1.29, 1.82) is 0 Å². The maximum Gasteiger partial charge on any atom is 0.217 e. The van der Waals surface area contributed by atoms with E-state index in [4.69, 9.17) is 22.9 Å². The number of amides is 2. The number of anilines is 2. The lowest BCUT2D eigenvalue weighted by Crippen LogP contribution is -2.56. The van der Waals surface area contributed by atoms with E-state index in [9.17, 15) is 50.4 Å². The van der Waals surface area contributed by atoms with Gasteiger partial charge in [-0.25, -0.2) is 29.9 Å². The minimum atomic E-state index is -0.467. The van der Waals surface area contributed by atoms with Crippen LogP contribution in [-0.2, 0) is 74.3 Å². The van der Waals surface area contributed by atoms with E-state index in [1.807, 2.05) is 157 Å². The van der Waals surface area contributed by atoms with Crippen molar-refractivity contribution in [2.45, 2.75) is 156 Å². The summed E-state index contributed by atoms with van der Waals surface area (Å²) >= 11 is 3.33. The van der Waals surface area contributed by atoms with Gasteiger partial charge in [0.2, 0.25) is 11.8 Å². The first-order valence-corrected chi connectivity index (χ1v) is 47.8. The average Bonchev–Trinajstić information content (AvgIpc) is 1.57. The molecule has 0 bridgehead atoms. The summed E-state index contributed by atoms with van der Waals surface area (Å²) in [7, 11) is 0. The number of aliphatic imine (C=N–C) groups is 1. The molecule has 6 aromatic carbocycles. The molecule has 0 radical (unpaired) electrons. The molecule has 3 aliphatic rings. The second kappa shape index (κ2) is 49.0. The number of phenolic OH excluding ortho intramolecular Hbond substituents is 6. The van der Waals surface area contributed by atoms with Crippen LogP contribution in [0.5, 0.6) is 34.5 Å². The quantitative estimate of drug-likeness (QED) is 0.0186. The first-order valence-electron chi connectivity index (χ1n) is 46.2. The van der Waals surface area contributed by atoms with Gasteiger partial charge in [-0.3, -0.25) is 29.5 Å². The topological polar surface area (TPSA) is 485 Å². The molecule has 18 rings (SSSR count). The zero-order chi connectivity index (χ0) is 99.5. The van der Waals surface area contributed by atoms with Crippen LogP contribution in [-0.4, -0.2) is 207 Å². The van der Waals surface area contributed by atoms with E-state index in [0.717, 1.165) is 175 Å². The van der Waals surface area contributed by atoms with Gasteiger partial charge in [-0.2, -0.15) is 10.2 Å². The number of aliphatic hydroxyl groups is 2. The summed E-state index contributed by atoms with van der Waals surface area (Å²) in [4.78, 5) is 62.9. The number of nitrogens with one attached hydrogen (secondary N) is 2. The highest BCUT2D eigenvalue weighted by molar-refractivity contribution is 7.15. The van der Waals surface area contributed by atoms with Crippen LogP contribution in [0.2, 0.25) is 0 Å². The molecule has 0 aliphatic carbocycles. The van der Waals surface area contributed by atoms with E-state index in [2.05, 4.69) is 103 Å². The number of rotatable bonds is 32. The number of carbonyl (C=O) groups is 2. The Hall–Kier alpha value is -15.5. The Morgan fingerprint density at radius 1 is 0.486 bits per heavy atom. The molecule has 140 heavy (non-hydrogen) atoms. The molecule has 732 valence electrons. The average molecular weight is 1930 g/mol. The van der Waals surface area contributed by atoms with Crippen molar-refractivity contribution in [3.63, 3.8) is 0 Å². The number of aromatic amines is 2. The van der Waals surface area contributed by atoms with Crippen molar-refractivity contribution in [3.8, 4) is 56.3 Å². The third kappa shape index (κ3) is 29.3. The molecule has 3 aliphatic heterocycles. The monoisotopic (exact) mass is 1930 g/mol. The van der Waals surface area contributed by atoms with E-state index >= 15 is 0 Å². The van der Waals surface area contributed by atoms with Gasteiger partial charge in [-0.1, -0.05) is 73.8 Å². The van der Waals surface area contributed by atoms with Gasteiger partial charge in [0.25, 0.3) is 0 Å². The van der Waals surface area contributed by atoms with Gasteiger partial charge in [0, 0.05) is 215 Å². The lowest BCUT2D eigenvalue weighted by atomic mass is 10.0. The number of benzene rings is 6. The standard InChI is InChI=1S/C19H22N4OS.C18H21N3O2S.C17H19N5O.2C17H22N4O2.C16H18N4O2/c1-12(20)7-18-17(9-19-13(2)22-14(3)25-19)21-11-23(18)10-15-5-4-6-16(24)8-15;1-11(22)7-16-17(18-12(2)20-13(3)24-18)19-10-21(16)9-14-5-4-6-15(23)8-14;1-12(18)5-17-16(7-14-8-20-21-9-14)19-11-22(17)10-13-3-2-4-15(23)6-13;18-17(23)7-6-15-13-20(19-8-1-2-9-19)10-11-21(15)14-4-3-5-16(22)12-14;18-17(23)5-4-15-12-20(14-6-7-19-11-14)8-9-21(15)13-2-1-3-16(22)10-13;1-11(21)5-15-16(13-7-18-19-8-13)17-10-20(15)9-12-3-2-4-14(22)6-12/h4-6,8,11,24H,1,7,9-10,20H2,2-3H3;4-6,8,10-11,22-23H,7,9H2,1-3H3;2-4,6,8-9,11,23H,1,5,7,10,18H2,(H,20,21);1-5,8-9,12,15,22H,6-7,10-11,13H2,(H2,18,23);1-3,6,10-11,15,22H,4-5,7-9,12H2,(H2,18,23);2-4,6-8,10-11,21-22H,5,9H2,1H3,(H,18,19). The van der Waals surface area contributed by atoms with Crippen molar-refractivity contribution in [1.82, 2.24) is 78.1 Å². The van der Waals surface area contributed by atoms with Crippen LogP contribution in [0.1, 0.15) is 128 Å². The van der Waals surface area contributed by atoms with E-state index in [-0.39, 0.29) is 58.4 Å². The van der Waals surface area contributed by atoms with Gasteiger partial charge >= 0.3 is 0 Å². The van der Waals surface area contributed by atoms with Crippen molar-refractivity contribution >= 4 is 52.1 Å². The van der Waals surface area contributed by atoms with Gasteiger partial charge < -0.3 is 102 Å². The lowest BCUT2D eigenvalue weighted by Gasteiger charge is -2.44. The number of aromatic nitrogens is 15. The number of hydrogen-bond donors (Lipinski definition) is 14. The molecule has 2 saturated heterocycles. The van der Waals surface area contributed by atoms with E-state index < -0.39 is 12.2 Å². The molecule has 2 fully saturated rings. The molecule has 36 heteroatoms. The number of imidazole rings is 4. The number of piperazine rings is 2. The fourth-order valence-electron chi connectivity index (χ4n) is 17.1. The van der Waals surface area contributed by atoms with Crippen LogP contribution in [0.3, 0.4) is 0 Å². The number of phenols is 6. The van der Waals surface area contributed by atoms with Crippen molar-refractivity contribution in [3.05, 3.63) is 345 Å². The van der Waals surface area contributed by atoms with Gasteiger partial charge in [-0.05, 0) is 173 Å². The Kier molecular flexibility index (Phi) is 35.6. The van der Waals surface area contributed by atoms with Crippen LogP contribution >= 0.6 is 22.7 Å². The molecule has 34 nitrogen and oxygen atoms in total. The normalized spacial score (nSPS) is 14.2. The molecule has 12 heterocycles. The van der Waals surface area contributed by atoms with Crippen LogP contribution in [0.25, 0.3) is 21.8 Å². The summed E-state index contributed by atoms with van der Waals surface area (Å²) in [6, 6.07) is 47.6. The number of aliphatic hydroxyl groups excluding tert-OH is 2. The first kappa shape index (κ1) is 102. The zero-order valence-corrected chi connectivity index (χ0v) is 81.2. The first-order chi connectivity index (χ1) is 67.4. The molecule has 18 N–H and O–H groups in total. The summed E-state index contributed by atoms with van der Waals surface area (Å²) in [5.41, 5.74) is 42.3. The van der Waals surface area contributed by atoms with E-state index in [1.165, 1.54) is 4.88 Å². The van der Waals surface area contributed by atoms with Gasteiger partial charge in [-0.15, -0.1) is 22.7 Å². The number of nitrogens with two attached hydrogens (primary N) is 4. The highest BCUT2D eigenvalue weighted by Gasteiger charge is 2.32. The number of allylic oxidation sites excluding steroid dienone is 3. The van der Waals surface area contributed by atoms with Gasteiger partial charge in [0.1, 0.15) is 40.2 Å². The number of H-pyrrole nitrogens is 2. The molecule has 0 spiro atoms. The largest absolute Gasteiger partial charge is 0.508 e.